The molecule has 7 nitrogen and oxygen atoms in total. The van der Waals surface area contributed by atoms with E-state index in [9.17, 15) is 10.1 Å². The van der Waals surface area contributed by atoms with Gasteiger partial charge >= 0.3 is 0 Å². The smallest absolute Gasteiger partial charge is 0.296 e. The zero-order chi connectivity index (χ0) is 14.8. The van der Waals surface area contributed by atoms with E-state index in [0.717, 1.165) is 5.69 Å². The van der Waals surface area contributed by atoms with Crippen molar-refractivity contribution in [3.8, 4) is 11.8 Å². The van der Waals surface area contributed by atoms with Gasteiger partial charge < -0.3 is 5.32 Å². The Balaban J connectivity index is 1.88. The molecule has 106 valence electrons. The first-order valence-corrected chi connectivity index (χ1v) is 6.64. The van der Waals surface area contributed by atoms with Gasteiger partial charge in [0.25, 0.3) is 5.69 Å². The number of nitro groups is 1. The second-order valence-electron chi connectivity index (χ2n) is 4.98. The normalized spacial score (nSPS) is 13.9. The number of nitriles is 1. The Morgan fingerprint density at radius 1 is 1.48 bits per heavy atom. The van der Waals surface area contributed by atoms with Gasteiger partial charge in [0.05, 0.1) is 22.2 Å². The van der Waals surface area contributed by atoms with Gasteiger partial charge in [-0.1, -0.05) is 0 Å². The molecule has 0 unspecified atom stereocenters. The van der Waals surface area contributed by atoms with Crippen molar-refractivity contribution in [2.75, 3.05) is 0 Å². The van der Waals surface area contributed by atoms with Crippen LogP contribution in [0.25, 0.3) is 5.69 Å². The minimum absolute atomic E-state index is 0.126. The Morgan fingerprint density at radius 2 is 2.29 bits per heavy atom. The Labute approximate surface area is 121 Å². The predicted octanol–water partition coefficient (Wildman–Crippen LogP) is 1.90. The van der Waals surface area contributed by atoms with Crippen molar-refractivity contribution in [2.45, 2.75) is 25.4 Å². The molecule has 1 fully saturated rings. The van der Waals surface area contributed by atoms with Gasteiger partial charge in [-0.15, -0.1) is 0 Å². The van der Waals surface area contributed by atoms with Gasteiger partial charge in [0.2, 0.25) is 0 Å². The number of rotatable bonds is 5. The lowest BCUT2D eigenvalue weighted by molar-refractivity contribution is -0.384. The maximum Gasteiger partial charge on any atom is 0.296 e. The van der Waals surface area contributed by atoms with Gasteiger partial charge in [-0.25, -0.2) is 4.68 Å². The summed E-state index contributed by atoms with van der Waals surface area (Å²) in [6.45, 7) is 0.655. The molecule has 2 aromatic rings. The van der Waals surface area contributed by atoms with Gasteiger partial charge in [0.15, 0.2) is 0 Å². The van der Waals surface area contributed by atoms with Crippen LogP contribution in [-0.2, 0) is 6.54 Å². The molecule has 0 radical (unpaired) electrons. The summed E-state index contributed by atoms with van der Waals surface area (Å²) >= 11 is 0. The van der Waals surface area contributed by atoms with Crippen LogP contribution < -0.4 is 5.32 Å². The highest BCUT2D eigenvalue weighted by Crippen LogP contribution is 2.24. The van der Waals surface area contributed by atoms with Crippen molar-refractivity contribution in [1.82, 2.24) is 15.1 Å². The van der Waals surface area contributed by atoms with Gasteiger partial charge in [0.1, 0.15) is 5.69 Å². The fourth-order valence-corrected chi connectivity index (χ4v) is 2.06. The van der Waals surface area contributed by atoms with Crippen LogP contribution in [0.5, 0.6) is 0 Å². The number of nitrogens with zero attached hydrogens (tertiary/aromatic N) is 4. The highest BCUT2D eigenvalue weighted by molar-refractivity contribution is 5.56. The van der Waals surface area contributed by atoms with Crippen molar-refractivity contribution >= 4 is 5.69 Å². The Morgan fingerprint density at radius 3 is 2.95 bits per heavy atom. The van der Waals surface area contributed by atoms with Crippen LogP contribution in [0.1, 0.15) is 24.1 Å². The maximum absolute atomic E-state index is 11.1. The number of nitrogens with one attached hydrogen (secondary N) is 1. The van der Waals surface area contributed by atoms with Gasteiger partial charge in [-0.3, -0.25) is 10.1 Å². The number of nitro benzene ring substituents is 1. The minimum atomic E-state index is -0.500. The molecular weight excluding hydrogens is 270 g/mol. The van der Waals surface area contributed by atoms with Crippen LogP contribution in [-0.4, -0.2) is 20.7 Å². The third kappa shape index (κ3) is 2.90. The molecule has 0 saturated heterocycles. The van der Waals surface area contributed by atoms with Crippen LogP contribution in [0.4, 0.5) is 5.69 Å². The van der Waals surface area contributed by atoms with Crippen molar-refractivity contribution in [1.29, 1.82) is 5.26 Å². The van der Waals surface area contributed by atoms with E-state index in [1.807, 2.05) is 12.1 Å². The van der Waals surface area contributed by atoms with Crippen LogP contribution >= 0.6 is 0 Å². The molecule has 21 heavy (non-hydrogen) atoms. The molecule has 1 aliphatic carbocycles. The van der Waals surface area contributed by atoms with E-state index in [4.69, 9.17) is 5.26 Å². The monoisotopic (exact) mass is 283 g/mol. The number of benzene rings is 1. The highest BCUT2D eigenvalue weighted by atomic mass is 16.6. The molecule has 1 N–H and O–H groups in total. The first-order chi connectivity index (χ1) is 10.2. The fourth-order valence-electron chi connectivity index (χ4n) is 2.06. The van der Waals surface area contributed by atoms with Crippen molar-refractivity contribution in [2.24, 2.45) is 0 Å². The number of hydrogen-bond acceptors (Lipinski definition) is 5. The molecule has 0 spiro atoms. The molecule has 1 aliphatic rings. The third-order valence-electron chi connectivity index (χ3n) is 3.34. The van der Waals surface area contributed by atoms with E-state index in [-0.39, 0.29) is 11.3 Å². The van der Waals surface area contributed by atoms with Crippen molar-refractivity contribution in [3.63, 3.8) is 0 Å². The predicted molar refractivity (Wildman–Crippen MR) is 74.8 cm³/mol. The summed E-state index contributed by atoms with van der Waals surface area (Å²) in [7, 11) is 0. The molecule has 0 bridgehead atoms. The molecule has 1 aromatic heterocycles. The fraction of sp³-hybridized carbons (Fsp3) is 0.286. The van der Waals surface area contributed by atoms with Gasteiger partial charge in [-0.2, -0.15) is 10.4 Å². The highest BCUT2D eigenvalue weighted by Gasteiger charge is 2.21. The summed E-state index contributed by atoms with van der Waals surface area (Å²) in [5.74, 6) is 0. The Bertz CT molecular complexity index is 727. The lowest BCUT2D eigenvalue weighted by Gasteiger charge is -2.03. The van der Waals surface area contributed by atoms with E-state index in [1.54, 1.807) is 18.3 Å². The molecule has 1 heterocycles. The number of aromatic nitrogens is 2. The molecule has 3 rings (SSSR count). The molecule has 1 aromatic carbocycles. The molecule has 0 aliphatic heterocycles. The van der Waals surface area contributed by atoms with Crippen molar-refractivity contribution < 1.29 is 4.92 Å². The van der Waals surface area contributed by atoms with Crippen LogP contribution in [0.2, 0.25) is 0 Å². The van der Waals surface area contributed by atoms with Gasteiger partial charge in [-0.05, 0) is 31.0 Å². The van der Waals surface area contributed by atoms with E-state index in [1.165, 1.54) is 23.6 Å². The van der Waals surface area contributed by atoms with Crippen LogP contribution in [0, 0.1) is 21.4 Å². The van der Waals surface area contributed by atoms with E-state index >= 15 is 0 Å². The van der Waals surface area contributed by atoms with Crippen molar-refractivity contribution in [3.05, 3.63) is 51.8 Å². The average Bonchev–Trinajstić information content (AvgIpc) is 3.21. The quantitative estimate of drug-likeness (QED) is 0.667. The average molecular weight is 283 g/mol. The molecule has 0 atom stereocenters. The van der Waals surface area contributed by atoms with Gasteiger partial charge in [0, 0.05) is 24.8 Å². The summed E-state index contributed by atoms with van der Waals surface area (Å²) in [5.41, 5.74) is 1.32. The molecule has 7 heteroatoms. The third-order valence-corrected chi connectivity index (χ3v) is 3.34. The molecule has 1 saturated carbocycles. The maximum atomic E-state index is 11.1. The first-order valence-electron chi connectivity index (χ1n) is 6.64. The second-order valence-corrected chi connectivity index (χ2v) is 4.98. The summed E-state index contributed by atoms with van der Waals surface area (Å²) in [4.78, 5) is 10.6. The SMILES string of the molecule is N#Cc1ccc(-n2ccc(CNC3CC3)n2)c([N+](=O)[O-])c1. The lowest BCUT2D eigenvalue weighted by atomic mass is 10.2. The Kier molecular flexibility index (Phi) is 3.38. The van der Waals surface area contributed by atoms with Crippen LogP contribution in [0.15, 0.2) is 30.5 Å². The first kappa shape index (κ1) is 13.3. The summed E-state index contributed by atoms with van der Waals surface area (Å²) in [5, 5.41) is 27.7. The molecule has 0 amide bonds. The number of hydrogen-bond donors (Lipinski definition) is 1. The van der Waals surface area contributed by atoms with E-state index in [2.05, 4.69) is 10.4 Å². The summed E-state index contributed by atoms with van der Waals surface area (Å²) in [6, 6.07) is 8.67. The van der Waals surface area contributed by atoms with E-state index < -0.39 is 4.92 Å². The lowest BCUT2D eigenvalue weighted by Crippen LogP contribution is -2.15. The largest absolute Gasteiger partial charge is 0.308 e. The minimum Gasteiger partial charge on any atom is -0.308 e. The zero-order valence-electron chi connectivity index (χ0n) is 11.2. The van der Waals surface area contributed by atoms with Crippen LogP contribution in [0.3, 0.4) is 0 Å². The second kappa shape index (κ2) is 5.34. The standard InChI is InChI=1S/C14H13N5O2/c15-8-10-1-4-13(14(7-10)19(20)21)18-6-5-12(17-18)9-16-11-2-3-11/h1,4-7,11,16H,2-3,9H2. The van der Waals surface area contributed by atoms with E-state index in [0.29, 0.717) is 18.3 Å². The molecular formula is C14H13N5O2. The topological polar surface area (TPSA) is 96.8 Å². The summed E-state index contributed by atoms with van der Waals surface area (Å²) in [6.07, 6.45) is 4.09. The zero-order valence-corrected chi connectivity index (χ0v) is 11.2. The summed E-state index contributed by atoms with van der Waals surface area (Å²) < 4.78 is 1.48. The Hall–Kier alpha value is -2.72.